The van der Waals surface area contributed by atoms with Crippen LogP contribution in [-0.4, -0.2) is 9.90 Å². The summed E-state index contributed by atoms with van der Waals surface area (Å²) < 4.78 is 11.3. The summed E-state index contributed by atoms with van der Waals surface area (Å²) in [6, 6.07) is 10.6. The number of nitrogens with zero attached hydrogens (tertiary/aromatic N) is 1. The van der Waals surface area contributed by atoms with Gasteiger partial charge < -0.3 is 9.05 Å². The maximum absolute atomic E-state index is 11.4. The third kappa shape index (κ3) is 3.50. The molecule has 130 valence electrons. The summed E-state index contributed by atoms with van der Waals surface area (Å²) in [5.41, 5.74) is 2.71. The lowest BCUT2D eigenvalue weighted by molar-refractivity contribution is 0.324. The van der Waals surface area contributed by atoms with Gasteiger partial charge in [-0.25, -0.2) is 0 Å². The number of aromatic nitrogens is 2. The molecule has 4 aromatic rings. The summed E-state index contributed by atoms with van der Waals surface area (Å²) in [7, 11) is 1.59. The average Bonchev–Trinajstić information content (AvgIpc) is 3.14. The quantitative estimate of drug-likeness (QED) is 0.537. The normalized spacial score (nSPS) is 10.8. The monoisotopic (exact) mass is 380 g/mol. The van der Waals surface area contributed by atoms with Crippen LogP contribution < -0.4 is 11.1 Å². The Kier molecular flexibility index (Phi) is 5.01. The molecule has 0 aliphatic carbocycles. The molecule has 0 aliphatic rings. The van der Waals surface area contributed by atoms with Crippen LogP contribution in [0.3, 0.4) is 0 Å². The molecule has 6 nitrogen and oxygen atoms in total. The van der Waals surface area contributed by atoms with Crippen molar-refractivity contribution < 1.29 is 9.05 Å². The molecule has 0 aliphatic heterocycles. The van der Waals surface area contributed by atoms with Gasteiger partial charge in [-0.15, -0.1) is 23.2 Å². The molecule has 1 N–H and O–H groups in total. The number of nitrogens with one attached hydrogen (secondary N) is 1. The highest BCUT2D eigenvalue weighted by Gasteiger charge is 2.06. The molecule has 2 aromatic heterocycles. The molecule has 0 unspecified atom stereocenters. The first kappa shape index (κ1) is 17.4. The summed E-state index contributed by atoms with van der Waals surface area (Å²) in [5, 5.41) is 3.41. The Morgan fingerprint density at radius 2 is 1.56 bits per heavy atom. The third-order valence-corrected chi connectivity index (χ3v) is 4.27. The standard InChI is InChI=1S/C9H8ClNO2.C8H6ClNO2/c1-11-9(12)7-3-2-6(5-10)4-8(7)13-11;9-4-5-1-2-6-7(3-5)12-10-8(6)11/h2-4H,5H2,1H3;1-3H,4H2,(H,10,11). The van der Waals surface area contributed by atoms with Crippen LogP contribution in [0.5, 0.6) is 0 Å². The Bertz CT molecular complexity index is 1140. The van der Waals surface area contributed by atoms with E-state index in [1.54, 1.807) is 37.4 Å². The van der Waals surface area contributed by atoms with E-state index in [9.17, 15) is 9.59 Å². The Morgan fingerprint density at radius 1 is 0.960 bits per heavy atom. The minimum atomic E-state index is -0.203. The molecule has 2 aromatic carbocycles. The summed E-state index contributed by atoms with van der Waals surface area (Å²) in [5.74, 6) is 0.847. The van der Waals surface area contributed by atoms with Gasteiger partial charge in [0.1, 0.15) is 0 Å². The summed E-state index contributed by atoms with van der Waals surface area (Å²) in [6.07, 6.45) is 0. The zero-order valence-corrected chi connectivity index (χ0v) is 14.7. The molecular formula is C17H14Cl2N2O4. The topological polar surface area (TPSA) is 81.1 Å². The van der Waals surface area contributed by atoms with Crippen molar-refractivity contribution >= 4 is 45.1 Å². The van der Waals surface area contributed by atoms with Gasteiger partial charge in [0, 0.05) is 18.8 Å². The van der Waals surface area contributed by atoms with E-state index in [0.29, 0.717) is 33.7 Å². The Hall–Kier alpha value is -2.44. The molecule has 0 atom stereocenters. The lowest BCUT2D eigenvalue weighted by Gasteiger charge is -1.91. The number of alkyl halides is 2. The van der Waals surface area contributed by atoms with Crippen molar-refractivity contribution in [3.63, 3.8) is 0 Å². The lowest BCUT2D eigenvalue weighted by Crippen LogP contribution is -2.08. The second kappa shape index (κ2) is 7.21. The van der Waals surface area contributed by atoms with E-state index in [1.807, 2.05) is 6.07 Å². The fraction of sp³-hybridized carbons (Fsp3) is 0.176. The van der Waals surface area contributed by atoms with Crippen molar-refractivity contribution in [3.05, 3.63) is 68.2 Å². The van der Waals surface area contributed by atoms with E-state index in [2.05, 4.69) is 5.16 Å². The van der Waals surface area contributed by atoms with Gasteiger partial charge in [0.05, 0.1) is 10.8 Å². The van der Waals surface area contributed by atoms with Crippen LogP contribution in [0.25, 0.3) is 21.9 Å². The van der Waals surface area contributed by atoms with Crippen molar-refractivity contribution in [1.82, 2.24) is 9.90 Å². The molecule has 0 bridgehead atoms. The molecule has 0 amide bonds. The highest BCUT2D eigenvalue weighted by Crippen LogP contribution is 2.14. The number of halogens is 2. The van der Waals surface area contributed by atoms with Crippen molar-refractivity contribution in [1.29, 1.82) is 0 Å². The van der Waals surface area contributed by atoms with E-state index in [-0.39, 0.29) is 11.1 Å². The number of aryl methyl sites for hydroxylation is 1. The van der Waals surface area contributed by atoms with Crippen LogP contribution in [0, 0.1) is 0 Å². The number of benzene rings is 2. The van der Waals surface area contributed by atoms with Crippen molar-refractivity contribution in [2.24, 2.45) is 7.05 Å². The van der Waals surface area contributed by atoms with Gasteiger partial charge in [-0.05, 0) is 35.4 Å². The van der Waals surface area contributed by atoms with E-state index in [1.165, 1.54) is 4.74 Å². The van der Waals surface area contributed by atoms with Gasteiger partial charge in [0.2, 0.25) is 0 Å². The van der Waals surface area contributed by atoms with Gasteiger partial charge in [0.25, 0.3) is 11.1 Å². The molecule has 0 radical (unpaired) electrons. The van der Waals surface area contributed by atoms with Gasteiger partial charge in [-0.2, -0.15) is 9.90 Å². The fourth-order valence-electron chi connectivity index (χ4n) is 2.34. The van der Waals surface area contributed by atoms with E-state index in [4.69, 9.17) is 32.2 Å². The number of rotatable bonds is 2. The molecule has 2 heterocycles. The van der Waals surface area contributed by atoms with E-state index in [0.717, 1.165) is 11.1 Å². The molecule has 0 saturated heterocycles. The third-order valence-electron chi connectivity index (χ3n) is 3.65. The highest BCUT2D eigenvalue weighted by atomic mass is 35.5. The van der Waals surface area contributed by atoms with Gasteiger partial charge >= 0.3 is 0 Å². The van der Waals surface area contributed by atoms with Crippen molar-refractivity contribution in [2.45, 2.75) is 11.8 Å². The summed E-state index contributed by atoms with van der Waals surface area (Å²) in [6.45, 7) is 0. The highest BCUT2D eigenvalue weighted by molar-refractivity contribution is 6.17. The summed E-state index contributed by atoms with van der Waals surface area (Å²) in [4.78, 5) is 22.4. The van der Waals surface area contributed by atoms with Gasteiger partial charge in [0.15, 0.2) is 11.2 Å². The molecule has 8 heteroatoms. The Balaban J connectivity index is 0.000000146. The van der Waals surface area contributed by atoms with Crippen molar-refractivity contribution in [3.8, 4) is 0 Å². The minimum absolute atomic E-state index is 0.115. The second-order valence-electron chi connectivity index (χ2n) is 5.36. The largest absolute Gasteiger partial charge is 0.378 e. The van der Waals surface area contributed by atoms with E-state index < -0.39 is 0 Å². The number of hydrogen-bond acceptors (Lipinski definition) is 4. The lowest BCUT2D eigenvalue weighted by atomic mass is 10.2. The van der Waals surface area contributed by atoms with Crippen LogP contribution in [0.1, 0.15) is 11.1 Å². The molecule has 25 heavy (non-hydrogen) atoms. The maximum Gasteiger partial charge on any atom is 0.290 e. The van der Waals surface area contributed by atoms with Crippen LogP contribution in [-0.2, 0) is 18.8 Å². The number of fused-ring (bicyclic) bond motifs is 2. The van der Waals surface area contributed by atoms with E-state index >= 15 is 0 Å². The Labute approximate surface area is 151 Å². The predicted octanol–water partition coefficient (Wildman–Crippen LogP) is 3.73. The smallest absolute Gasteiger partial charge is 0.290 e. The molecular weight excluding hydrogens is 367 g/mol. The number of H-pyrrole nitrogens is 1. The second-order valence-corrected chi connectivity index (χ2v) is 5.89. The van der Waals surface area contributed by atoms with Crippen LogP contribution in [0.2, 0.25) is 0 Å². The van der Waals surface area contributed by atoms with Crippen LogP contribution >= 0.6 is 23.2 Å². The fourth-order valence-corrected chi connectivity index (χ4v) is 2.67. The number of aromatic amines is 1. The van der Waals surface area contributed by atoms with Gasteiger partial charge in [-0.1, -0.05) is 12.1 Å². The average molecular weight is 381 g/mol. The predicted molar refractivity (Wildman–Crippen MR) is 97.4 cm³/mol. The first-order chi connectivity index (χ1) is 12.0. The first-order valence-electron chi connectivity index (χ1n) is 7.34. The molecule has 0 saturated carbocycles. The molecule has 0 spiro atoms. The zero-order valence-electron chi connectivity index (χ0n) is 13.2. The van der Waals surface area contributed by atoms with Crippen LogP contribution in [0.4, 0.5) is 0 Å². The number of hydrogen-bond donors (Lipinski definition) is 1. The van der Waals surface area contributed by atoms with Crippen LogP contribution in [0.15, 0.2) is 55.0 Å². The van der Waals surface area contributed by atoms with Crippen molar-refractivity contribution in [2.75, 3.05) is 0 Å². The Morgan fingerprint density at radius 3 is 2.20 bits per heavy atom. The maximum atomic E-state index is 11.4. The summed E-state index contributed by atoms with van der Waals surface area (Å²) >= 11 is 11.3. The zero-order chi connectivity index (χ0) is 18.0. The van der Waals surface area contributed by atoms with Gasteiger partial charge in [-0.3, -0.25) is 9.59 Å². The molecule has 0 fully saturated rings. The first-order valence-corrected chi connectivity index (χ1v) is 8.41. The SMILES string of the molecule is Cn1oc2cc(CCl)ccc2c1=O.O=c1[nH]oc2cc(CCl)ccc12. The molecule has 4 rings (SSSR count). The minimum Gasteiger partial charge on any atom is -0.378 e.